The Morgan fingerprint density at radius 3 is 2.80 bits per heavy atom. The van der Waals surface area contributed by atoms with Crippen molar-refractivity contribution in [3.63, 3.8) is 0 Å². The van der Waals surface area contributed by atoms with Crippen LogP contribution < -0.4 is 0 Å². The third kappa shape index (κ3) is 3.49. The summed E-state index contributed by atoms with van der Waals surface area (Å²) in [4.78, 5) is 11.3. The first-order valence-electron chi connectivity index (χ1n) is 8.81. The Morgan fingerprint density at radius 2 is 2.04 bits per heavy atom. The Balaban J connectivity index is 1.45. The number of nitrogens with zero attached hydrogens (tertiary/aromatic N) is 5. The molecule has 0 bridgehead atoms. The van der Waals surface area contributed by atoms with Gasteiger partial charge < -0.3 is 4.42 Å². The maximum atomic E-state index is 5.97. The van der Waals surface area contributed by atoms with Crippen LogP contribution in [-0.2, 0) is 13.1 Å². The molecule has 2 aromatic heterocycles. The van der Waals surface area contributed by atoms with Gasteiger partial charge in [0.25, 0.3) is 0 Å². The maximum absolute atomic E-state index is 5.97. The summed E-state index contributed by atoms with van der Waals surface area (Å²) < 4.78 is 7.99. The van der Waals surface area contributed by atoms with Crippen LogP contribution in [0.5, 0.6) is 0 Å². The Bertz CT molecular complexity index is 839. The summed E-state index contributed by atoms with van der Waals surface area (Å²) >= 11 is 0. The van der Waals surface area contributed by atoms with Crippen LogP contribution in [0.1, 0.15) is 30.4 Å². The first-order valence-corrected chi connectivity index (χ1v) is 8.81. The van der Waals surface area contributed by atoms with Crippen molar-refractivity contribution in [2.75, 3.05) is 6.54 Å². The molecule has 1 saturated heterocycles. The highest BCUT2D eigenvalue weighted by Crippen LogP contribution is 2.24. The summed E-state index contributed by atoms with van der Waals surface area (Å²) in [5.74, 6) is 3.42. The SMILES string of the molecule is Cc1nc(C)n(CC2CCCN2Cc2ncc(-c3ccccc3)o2)n1. The monoisotopic (exact) mass is 337 g/mol. The Kier molecular flexibility index (Phi) is 4.36. The van der Waals surface area contributed by atoms with Crippen LogP contribution in [0.25, 0.3) is 11.3 Å². The van der Waals surface area contributed by atoms with Gasteiger partial charge in [-0.05, 0) is 33.2 Å². The molecular formula is C19H23N5O. The molecule has 25 heavy (non-hydrogen) atoms. The fraction of sp³-hybridized carbons (Fsp3) is 0.421. The summed E-state index contributed by atoms with van der Waals surface area (Å²) in [6, 6.07) is 10.6. The molecule has 0 radical (unpaired) electrons. The highest BCUT2D eigenvalue weighted by Gasteiger charge is 2.27. The van der Waals surface area contributed by atoms with Crippen LogP contribution in [-0.4, -0.2) is 37.2 Å². The molecule has 1 fully saturated rings. The molecule has 4 rings (SSSR count). The second-order valence-corrected chi connectivity index (χ2v) is 6.64. The van der Waals surface area contributed by atoms with E-state index < -0.39 is 0 Å². The highest BCUT2D eigenvalue weighted by atomic mass is 16.4. The summed E-state index contributed by atoms with van der Waals surface area (Å²) in [7, 11) is 0. The summed E-state index contributed by atoms with van der Waals surface area (Å²) in [6.45, 7) is 6.64. The number of hydrogen-bond donors (Lipinski definition) is 0. The number of aryl methyl sites for hydroxylation is 2. The zero-order chi connectivity index (χ0) is 17.2. The maximum Gasteiger partial charge on any atom is 0.209 e. The molecule has 3 heterocycles. The van der Waals surface area contributed by atoms with E-state index in [-0.39, 0.29) is 0 Å². The summed E-state index contributed by atoms with van der Waals surface area (Å²) in [5.41, 5.74) is 1.06. The van der Waals surface area contributed by atoms with Gasteiger partial charge in [-0.1, -0.05) is 30.3 Å². The Labute approximate surface area is 147 Å². The van der Waals surface area contributed by atoms with Gasteiger partial charge in [-0.15, -0.1) is 0 Å². The average Bonchev–Trinajstić information content (AvgIpc) is 3.32. The quantitative estimate of drug-likeness (QED) is 0.715. The van der Waals surface area contributed by atoms with Crippen LogP contribution in [0, 0.1) is 13.8 Å². The molecule has 1 aromatic carbocycles. The lowest BCUT2D eigenvalue weighted by Gasteiger charge is -2.23. The normalized spacial score (nSPS) is 18.1. The van der Waals surface area contributed by atoms with Crippen molar-refractivity contribution < 1.29 is 4.42 Å². The second-order valence-electron chi connectivity index (χ2n) is 6.64. The first kappa shape index (κ1) is 16.0. The van der Waals surface area contributed by atoms with Gasteiger partial charge in [-0.25, -0.2) is 14.6 Å². The highest BCUT2D eigenvalue weighted by molar-refractivity contribution is 5.55. The Hall–Kier alpha value is -2.47. The van der Waals surface area contributed by atoms with E-state index in [0.717, 1.165) is 48.5 Å². The third-order valence-electron chi connectivity index (χ3n) is 4.80. The van der Waals surface area contributed by atoms with E-state index in [2.05, 4.69) is 20.0 Å². The van der Waals surface area contributed by atoms with Crippen molar-refractivity contribution in [2.24, 2.45) is 0 Å². The largest absolute Gasteiger partial charge is 0.439 e. The van der Waals surface area contributed by atoms with Gasteiger partial charge in [0.15, 0.2) is 5.76 Å². The molecule has 0 aliphatic carbocycles. The lowest BCUT2D eigenvalue weighted by molar-refractivity contribution is 0.199. The number of hydrogen-bond acceptors (Lipinski definition) is 5. The van der Waals surface area contributed by atoms with Gasteiger partial charge in [0.1, 0.15) is 11.6 Å². The minimum atomic E-state index is 0.451. The molecule has 1 atom stereocenters. The molecule has 0 spiro atoms. The number of rotatable bonds is 5. The van der Waals surface area contributed by atoms with E-state index in [1.165, 1.54) is 12.8 Å². The van der Waals surface area contributed by atoms with Gasteiger partial charge in [0.2, 0.25) is 5.89 Å². The number of aromatic nitrogens is 4. The minimum absolute atomic E-state index is 0.451. The van der Waals surface area contributed by atoms with Crippen molar-refractivity contribution in [3.8, 4) is 11.3 Å². The minimum Gasteiger partial charge on any atom is -0.439 e. The van der Waals surface area contributed by atoms with Gasteiger partial charge in [-0.3, -0.25) is 4.90 Å². The molecule has 6 nitrogen and oxygen atoms in total. The molecule has 1 unspecified atom stereocenters. The number of benzene rings is 1. The summed E-state index contributed by atoms with van der Waals surface area (Å²) in [6.07, 6.45) is 4.19. The van der Waals surface area contributed by atoms with E-state index >= 15 is 0 Å². The van der Waals surface area contributed by atoms with E-state index in [1.54, 1.807) is 0 Å². The molecular weight excluding hydrogens is 314 g/mol. The fourth-order valence-electron chi connectivity index (χ4n) is 3.54. The molecule has 0 amide bonds. The van der Waals surface area contributed by atoms with E-state index in [0.29, 0.717) is 6.04 Å². The van der Waals surface area contributed by atoms with Crippen LogP contribution in [0.15, 0.2) is 40.9 Å². The molecule has 1 aliphatic rings. The summed E-state index contributed by atoms with van der Waals surface area (Å²) in [5, 5.41) is 4.50. The first-order chi connectivity index (χ1) is 12.2. The van der Waals surface area contributed by atoms with Crippen molar-refractivity contribution in [1.29, 1.82) is 0 Å². The van der Waals surface area contributed by atoms with Crippen LogP contribution in [0.3, 0.4) is 0 Å². The smallest absolute Gasteiger partial charge is 0.209 e. The number of oxazole rings is 1. The lowest BCUT2D eigenvalue weighted by Crippen LogP contribution is -2.33. The van der Waals surface area contributed by atoms with Gasteiger partial charge >= 0.3 is 0 Å². The zero-order valence-electron chi connectivity index (χ0n) is 14.7. The molecule has 130 valence electrons. The van der Waals surface area contributed by atoms with E-state index in [4.69, 9.17) is 4.42 Å². The van der Waals surface area contributed by atoms with Gasteiger partial charge in [0.05, 0.1) is 19.3 Å². The average molecular weight is 337 g/mol. The number of likely N-dealkylation sites (tertiary alicyclic amines) is 1. The van der Waals surface area contributed by atoms with Crippen molar-refractivity contribution >= 4 is 0 Å². The predicted octanol–water partition coefficient (Wildman–Crippen LogP) is 3.21. The van der Waals surface area contributed by atoms with Crippen LogP contribution >= 0.6 is 0 Å². The molecule has 0 saturated carbocycles. The van der Waals surface area contributed by atoms with E-state index in [9.17, 15) is 0 Å². The second kappa shape index (κ2) is 6.80. The van der Waals surface area contributed by atoms with Crippen molar-refractivity contribution in [2.45, 2.75) is 45.8 Å². The molecule has 1 aliphatic heterocycles. The Morgan fingerprint density at radius 1 is 1.20 bits per heavy atom. The van der Waals surface area contributed by atoms with E-state index in [1.807, 2.05) is 55.1 Å². The van der Waals surface area contributed by atoms with Crippen LogP contribution in [0.2, 0.25) is 0 Å². The van der Waals surface area contributed by atoms with Crippen LogP contribution in [0.4, 0.5) is 0 Å². The predicted molar refractivity (Wildman–Crippen MR) is 94.9 cm³/mol. The lowest BCUT2D eigenvalue weighted by atomic mass is 10.2. The molecule has 6 heteroatoms. The fourth-order valence-corrected chi connectivity index (χ4v) is 3.54. The molecule has 0 N–H and O–H groups in total. The third-order valence-corrected chi connectivity index (χ3v) is 4.80. The molecule has 3 aromatic rings. The van der Waals surface area contributed by atoms with Gasteiger partial charge in [0, 0.05) is 11.6 Å². The van der Waals surface area contributed by atoms with Crippen molar-refractivity contribution in [1.82, 2.24) is 24.6 Å². The zero-order valence-corrected chi connectivity index (χ0v) is 14.7. The topological polar surface area (TPSA) is 60.0 Å². The van der Waals surface area contributed by atoms with Gasteiger partial charge in [-0.2, -0.15) is 5.10 Å². The standard InChI is InChI=1S/C19H23N5O/c1-14-21-15(2)24(22-14)12-17-9-6-10-23(17)13-19-20-11-18(25-19)16-7-4-3-5-8-16/h3-5,7-8,11,17H,6,9-10,12-13H2,1-2H3. The van der Waals surface area contributed by atoms with Crippen molar-refractivity contribution in [3.05, 3.63) is 54.1 Å².